The van der Waals surface area contributed by atoms with E-state index in [9.17, 15) is 4.79 Å². The molecule has 0 amide bonds. The van der Waals surface area contributed by atoms with Crippen LogP contribution in [-0.4, -0.2) is 44.8 Å². The summed E-state index contributed by atoms with van der Waals surface area (Å²) in [7, 11) is 3.21. The number of ketones is 1. The van der Waals surface area contributed by atoms with Gasteiger partial charge < -0.3 is 18.9 Å². The summed E-state index contributed by atoms with van der Waals surface area (Å²) in [6, 6.07) is 0. The Morgan fingerprint density at radius 2 is 2.05 bits per heavy atom. The summed E-state index contributed by atoms with van der Waals surface area (Å²) in [5.41, 5.74) is 0. The maximum atomic E-state index is 12.2. The molecule has 1 saturated carbocycles. The van der Waals surface area contributed by atoms with Gasteiger partial charge in [-0.15, -0.1) is 0 Å². The zero-order valence-corrected chi connectivity index (χ0v) is 11.6. The first-order valence-corrected chi connectivity index (χ1v) is 7.10. The largest absolute Gasteiger partial charge is 0.349 e. The molecule has 0 aromatic heterocycles. The summed E-state index contributed by atoms with van der Waals surface area (Å²) >= 11 is 0. The van der Waals surface area contributed by atoms with Crippen LogP contribution in [0.3, 0.4) is 0 Å². The van der Waals surface area contributed by atoms with E-state index in [0.29, 0.717) is 25.2 Å². The van der Waals surface area contributed by atoms with Gasteiger partial charge in [0.05, 0.1) is 12.7 Å². The van der Waals surface area contributed by atoms with Crippen molar-refractivity contribution in [2.45, 2.75) is 50.3 Å². The number of hydrogen-bond acceptors (Lipinski definition) is 5. The van der Waals surface area contributed by atoms with Crippen LogP contribution in [0.15, 0.2) is 0 Å². The first-order chi connectivity index (χ1) is 9.20. The molecule has 1 aliphatic carbocycles. The predicted octanol–water partition coefficient (Wildman–Crippen LogP) is 1.50. The van der Waals surface area contributed by atoms with Crippen molar-refractivity contribution in [2.75, 3.05) is 20.8 Å². The summed E-state index contributed by atoms with van der Waals surface area (Å²) in [5.74, 6) is -0.279. The van der Waals surface area contributed by atoms with E-state index in [1.807, 2.05) is 0 Å². The highest BCUT2D eigenvalue weighted by molar-refractivity contribution is 5.82. The Kier molecular flexibility index (Phi) is 3.64. The van der Waals surface area contributed by atoms with Gasteiger partial charge in [-0.1, -0.05) is 6.42 Å². The smallest absolute Gasteiger partial charge is 0.220 e. The van der Waals surface area contributed by atoms with Gasteiger partial charge in [-0.2, -0.15) is 0 Å². The van der Waals surface area contributed by atoms with Crippen LogP contribution >= 0.6 is 0 Å². The summed E-state index contributed by atoms with van der Waals surface area (Å²) in [6.45, 7) is 0.535. The maximum Gasteiger partial charge on any atom is 0.220 e. The average Bonchev–Trinajstić information content (AvgIpc) is 2.87. The van der Waals surface area contributed by atoms with Crippen molar-refractivity contribution in [1.82, 2.24) is 0 Å². The summed E-state index contributed by atoms with van der Waals surface area (Å²) in [6.07, 6.45) is 4.01. The lowest BCUT2D eigenvalue weighted by Crippen LogP contribution is -2.54. The minimum atomic E-state index is -0.866. The zero-order valence-electron chi connectivity index (χ0n) is 11.6. The number of carbonyl (C=O) groups excluding carboxylic acids is 1. The van der Waals surface area contributed by atoms with E-state index < -0.39 is 12.1 Å². The quantitative estimate of drug-likeness (QED) is 0.727. The van der Waals surface area contributed by atoms with Gasteiger partial charge >= 0.3 is 0 Å². The van der Waals surface area contributed by atoms with Gasteiger partial charge in [0, 0.05) is 38.9 Å². The lowest BCUT2D eigenvalue weighted by molar-refractivity contribution is -0.340. The van der Waals surface area contributed by atoms with Crippen LogP contribution < -0.4 is 0 Å². The SMILES string of the molecule is COC1(OC)C[C@H](C2CCCCC2=O)[C@H]2CO[C@@H]1O2. The first kappa shape index (κ1) is 13.5. The second-order valence-electron chi connectivity index (χ2n) is 5.75. The molecule has 0 spiro atoms. The zero-order chi connectivity index (χ0) is 13.5. The van der Waals surface area contributed by atoms with Crippen molar-refractivity contribution < 1.29 is 23.7 Å². The number of ether oxygens (including phenoxy) is 4. The molecule has 2 saturated heterocycles. The number of rotatable bonds is 3. The Morgan fingerprint density at radius 1 is 1.26 bits per heavy atom. The van der Waals surface area contributed by atoms with Gasteiger partial charge in [0.25, 0.3) is 0 Å². The molecule has 1 unspecified atom stereocenters. The lowest BCUT2D eigenvalue weighted by atomic mass is 9.73. The molecule has 3 fully saturated rings. The highest BCUT2D eigenvalue weighted by Gasteiger charge is 2.57. The van der Waals surface area contributed by atoms with Gasteiger partial charge in [0.15, 0.2) is 0 Å². The molecule has 3 aliphatic rings. The molecule has 5 nitrogen and oxygen atoms in total. The van der Waals surface area contributed by atoms with Gasteiger partial charge in [-0.05, 0) is 12.8 Å². The maximum absolute atomic E-state index is 12.2. The van der Waals surface area contributed by atoms with Crippen molar-refractivity contribution in [3.05, 3.63) is 0 Å². The van der Waals surface area contributed by atoms with Gasteiger partial charge in [-0.25, -0.2) is 0 Å². The average molecular weight is 270 g/mol. The molecule has 3 rings (SSSR count). The minimum absolute atomic E-state index is 0.00970. The molecule has 4 atom stereocenters. The van der Waals surface area contributed by atoms with E-state index in [1.54, 1.807) is 14.2 Å². The molecular weight excluding hydrogens is 248 g/mol. The molecule has 19 heavy (non-hydrogen) atoms. The van der Waals surface area contributed by atoms with E-state index in [2.05, 4.69) is 0 Å². The number of Topliss-reactive ketones (excluding diaryl/α,β-unsaturated/α-hetero) is 1. The second kappa shape index (κ2) is 5.13. The molecule has 0 aromatic rings. The monoisotopic (exact) mass is 270 g/mol. The lowest BCUT2D eigenvalue weighted by Gasteiger charge is -2.44. The molecular formula is C14H22O5. The summed E-state index contributed by atoms with van der Waals surface area (Å²) in [5, 5.41) is 0. The van der Waals surface area contributed by atoms with E-state index in [4.69, 9.17) is 18.9 Å². The van der Waals surface area contributed by atoms with Crippen molar-refractivity contribution >= 4 is 5.78 Å². The Morgan fingerprint density at radius 3 is 2.74 bits per heavy atom. The van der Waals surface area contributed by atoms with Crippen molar-refractivity contribution in [3.8, 4) is 0 Å². The number of methoxy groups -OCH3 is 2. The molecule has 2 heterocycles. The number of hydrogen-bond donors (Lipinski definition) is 0. The summed E-state index contributed by atoms with van der Waals surface area (Å²) < 4.78 is 22.6. The number of fused-ring (bicyclic) bond motifs is 2. The van der Waals surface area contributed by atoms with Gasteiger partial charge in [0.1, 0.15) is 5.78 Å². The van der Waals surface area contributed by atoms with Crippen LogP contribution in [0.25, 0.3) is 0 Å². The highest BCUT2D eigenvalue weighted by atomic mass is 16.8. The Labute approximate surface area is 113 Å². The molecule has 0 N–H and O–H groups in total. The standard InChI is InChI=1S/C14H22O5/c1-16-14(17-2)7-10(12-8-18-13(14)19-12)9-5-3-4-6-11(9)15/h9-10,12-13H,3-8H2,1-2H3/t9?,10-,12-,13-/m1/s1. The van der Waals surface area contributed by atoms with Crippen molar-refractivity contribution in [3.63, 3.8) is 0 Å². The Bertz CT molecular complexity index is 352. The van der Waals surface area contributed by atoms with Crippen LogP contribution in [0.2, 0.25) is 0 Å². The molecule has 0 aromatic carbocycles. The third-order valence-electron chi connectivity index (χ3n) is 4.88. The van der Waals surface area contributed by atoms with Gasteiger partial charge in [0.2, 0.25) is 12.1 Å². The van der Waals surface area contributed by atoms with Crippen LogP contribution in [0, 0.1) is 11.8 Å². The number of carbonyl (C=O) groups is 1. The third kappa shape index (κ3) is 2.13. The fraction of sp³-hybridized carbons (Fsp3) is 0.929. The molecule has 0 radical (unpaired) electrons. The topological polar surface area (TPSA) is 54.0 Å². The second-order valence-corrected chi connectivity index (χ2v) is 5.75. The summed E-state index contributed by atoms with van der Waals surface area (Å²) in [4.78, 5) is 12.2. The molecule has 5 heteroatoms. The van der Waals surface area contributed by atoms with Crippen LogP contribution in [0.4, 0.5) is 0 Å². The van der Waals surface area contributed by atoms with Crippen molar-refractivity contribution in [2.24, 2.45) is 11.8 Å². The molecule has 108 valence electrons. The van der Waals surface area contributed by atoms with Crippen molar-refractivity contribution in [1.29, 1.82) is 0 Å². The van der Waals surface area contributed by atoms with E-state index >= 15 is 0 Å². The highest BCUT2D eigenvalue weighted by Crippen LogP contribution is 2.46. The van der Waals surface area contributed by atoms with Crippen LogP contribution in [-0.2, 0) is 23.7 Å². The van der Waals surface area contributed by atoms with E-state index in [1.165, 1.54) is 0 Å². The third-order valence-corrected chi connectivity index (χ3v) is 4.88. The first-order valence-electron chi connectivity index (χ1n) is 7.10. The normalized spacial score (nSPS) is 41.5. The van der Waals surface area contributed by atoms with Crippen LogP contribution in [0.1, 0.15) is 32.1 Å². The fourth-order valence-electron chi connectivity index (χ4n) is 3.74. The molecule has 2 bridgehead atoms. The minimum Gasteiger partial charge on any atom is -0.349 e. The predicted molar refractivity (Wildman–Crippen MR) is 66.4 cm³/mol. The Hall–Kier alpha value is -0.490. The van der Waals surface area contributed by atoms with E-state index in [0.717, 1.165) is 19.3 Å². The molecule has 2 aliphatic heterocycles. The van der Waals surface area contributed by atoms with E-state index in [-0.39, 0.29) is 17.9 Å². The van der Waals surface area contributed by atoms with Gasteiger partial charge in [-0.3, -0.25) is 4.79 Å². The fourth-order valence-corrected chi connectivity index (χ4v) is 3.74. The van der Waals surface area contributed by atoms with Crippen LogP contribution in [0.5, 0.6) is 0 Å². The Balaban J connectivity index is 1.83.